The second-order valence-corrected chi connectivity index (χ2v) is 7.66. The van der Waals surface area contributed by atoms with E-state index in [1.54, 1.807) is 13.0 Å². The van der Waals surface area contributed by atoms with Crippen LogP contribution in [0.5, 0.6) is 0 Å². The normalized spacial score (nSPS) is 25.5. The maximum atomic E-state index is 11.9. The van der Waals surface area contributed by atoms with Crippen LogP contribution in [0, 0.1) is 0 Å². The van der Waals surface area contributed by atoms with E-state index in [0.29, 0.717) is 22.4 Å². The Morgan fingerprint density at radius 3 is 2.67 bits per heavy atom. The zero-order chi connectivity index (χ0) is 18.2. The lowest BCUT2D eigenvalue weighted by Crippen LogP contribution is -2.68. The van der Waals surface area contributed by atoms with Crippen molar-refractivity contribution in [3.05, 3.63) is 23.4 Å². The first-order valence-electron chi connectivity index (χ1n) is 7.53. The molecule has 2 heterocycles. The second kappa shape index (κ2) is 6.58. The molecular weight excluding hydrogens is 332 g/mol. The van der Waals surface area contributed by atoms with Gasteiger partial charge in [0.05, 0.1) is 20.6 Å². The molecule has 2 aliphatic rings. The number of nitrogens with two attached hydrogens (primary N) is 2. The molecule has 0 radical (unpaired) electrons. The fourth-order valence-corrected chi connectivity index (χ4v) is 3.90. The van der Waals surface area contributed by atoms with Crippen molar-refractivity contribution in [2.75, 3.05) is 26.4 Å². The highest BCUT2D eigenvalue weighted by atomic mass is 32.2. The number of primary amides is 1. The third kappa shape index (κ3) is 3.19. The highest BCUT2D eigenvalue weighted by Gasteiger charge is 2.51. The number of allylic oxidation sites excluding steroid dienone is 1. The molecule has 0 saturated carbocycles. The van der Waals surface area contributed by atoms with Gasteiger partial charge in [-0.05, 0) is 18.6 Å². The number of fused-ring (bicyclic) bond motifs is 1. The summed E-state index contributed by atoms with van der Waals surface area (Å²) in [6.45, 7) is 2.25. The lowest BCUT2D eigenvalue weighted by atomic mass is 10.0. The molecule has 0 aromatic rings. The summed E-state index contributed by atoms with van der Waals surface area (Å²) in [7, 11) is 3.74. The van der Waals surface area contributed by atoms with Crippen molar-refractivity contribution in [2.24, 2.45) is 11.5 Å². The number of carboxylic acids is 1. The van der Waals surface area contributed by atoms with Gasteiger partial charge in [-0.15, -0.1) is 11.8 Å². The Hall–Kier alpha value is -1.84. The van der Waals surface area contributed by atoms with E-state index < -0.39 is 17.9 Å². The summed E-state index contributed by atoms with van der Waals surface area (Å²) < 4.78 is 0.352. The third-order valence-electron chi connectivity index (χ3n) is 4.60. The van der Waals surface area contributed by atoms with E-state index in [-0.39, 0.29) is 23.0 Å². The van der Waals surface area contributed by atoms with Gasteiger partial charge in [-0.25, -0.2) is 4.79 Å². The monoisotopic (exact) mass is 355 g/mol. The van der Waals surface area contributed by atoms with Crippen LogP contribution in [0.2, 0.25) is 0 Å². The number of β-lactam (4-membered cyclic amide) rings is 1. The minimum absolute atomic E-state index is 0.00467. The number of likely N-dealkylation sites (N-methyl/N-ethyl adjacent to an activating group) is 1. The molecular formula is C15H23N4O4S+. The number of aliphatic carboxylic acids is 1. The van der Waals surface area contributed by atoms with Crippen molar-refractivity contribution >= 4 is 29.5 Å². The van der Waals surface area contributed by atoms with Gasteiger partial charge in [0.2, 0.25) is 5.91 Å². The molecule has 2 amide bonds. The van der Waals surface area contributed by atoms with Crippen LogP contribution in [-0.2, 0) is 14.4 Å². The third-order valence-corrected chi connectivity index (χ3v) is 5.92. The number of rotatable bonds is 6. The Labute approximate surface area is 144 Å². The van der Waals surface area contributed by atoms with Gasteiger partial charge in [0.1, 0.15) is 17.1 Å². The fourth-order valence-electron chi connectivity index (χ4n) is 2.64. The van der Waals surface area contributed by atoms with Gasteiger partial charge in [0, 0.05) is 5.75 Å². The smallest absolute Gasteiger partial charge is 0.352 e. The number of hydrogen-bond donors (Lipinski definition) is 3. The molecule has 8 nitrogen and oxygen atoms in total. The number of carbonyl (C=O) groups excluding carboxylic acids is 2. The predicted molar refractivity (Wildman–Crippen MR) is 90.5 cm³/mol. The van der Waals surface area contributed by atoms with Gasteiger partial charge in [-0.1, -0.05) is 6.08 Å². The van der Waals surface area contributed by atoms with Crippen LogP contribution in [-0.4, -0.2) is 76.1 Å². The van der Waals surface area contributed by atoms with Crippen molar-refractivity contribution in [1.82, 2.24) is 4.90 Å². The van der Waals surface area contributed by atoms with E-state index >= 15 is 0 Å². The van der Waals surface area contributed by atoms with E-state index in [1.807, 2.05) is 20.2 Å². The molecule has 0 spiro atoms. The Morgan fingerprint density at radius 1 is 1.50 bits per heavy atom. The summed E-state index contributed by atoms with van der Waals surface area (Å²) in [4.78, 5) is 36.0. The molecule has 0 aromatic heterocycles. The Balaban J connectivity index is 2.19. The SMILES string of the molecule is C[C@H](C(N)=O)[N+](C)(C)CC=CC1=C(C(=O)O)N2C(=O)[C@@H](N)[C@@H]2SC1. The van der Waals surface area contributed by atoms with Crippen molar-refractivity contribution in [3.63, 3.8) is 0 Å². The summed E-state index contributed by atoms with van der Waals surface area (Å²) >= 11 is 1.45. The molecule has 9 heteroatoms. The molecule has 5 N–H and O–H groups in total. The summed E-state index contributed by atoms with van der Waals surface area (Å²) in [5.74, 6) is -1.43. The summed E-state index contributed by atoms with van der Waals surface area (Å²) in [5.41, 5.74) is 11.6. The average Bonchev–Trinajstić information content (AvgIpc) is 2.52. The van der Waals surface area contributed by atoms with E-state index in [4.69, 9.17) is 11.5 Å². The first kappa shape index (κ1) is 18.5. The summed E-state index contributed by atoms with van der Waals surface area (Å²) in [6.07, 6.45) is 3.51. The first-order chi connectivity index (χ1) is 11.1. The number of amides is 2. The van der Waals surface area contributed by atoms with Crippen LogP contribution >= 0.6 is 11.8 Å². The number of hydrogen-bond acceptors (Lipinski definition) is 5. The van der Waals surface area contributed by atoms with Crippen LogP contribution < -0.4 is 11.5 Å². The quantitative estimate of drug-likeness (QED) is 0.417. The molecule has 0 unspecified atom stereocenters. The average molecular weight is 355 g/mol. The van der Waals surface area contributed by atoms with Gasteiger partial charge in [-0.3, -0.25) is 14.5 Å². The molecule has 2 rings (SSSR count). The van der Waals surface area contributed by atoms with E-state index in [0.717, 1.165) is 0 Å². The van der Waals surface area contributed by atoms with Crippen LogP contribution in [0.3, 0.4) is 0 Å². The molecule has 0 aliphatic carbocycles. The highest BCUT2D eigenvalue weighted by Crippen LogP contribution is 2.39. The number of thioether (sulfide) groups is 1. The van der Waals surface area contributed by atoms with Crippen molar-refractivity contribution in [1.29, 1.82) is 0 Å². The van der Waals surface area contributed by atoms with E-state index in [2.05, 4.69) is 0 Å². The predicted octanol–water partition coefficient (Wildman–Crippen LogP) is -0.926. The van der Waals surface area contributed by atoms with E-state index in [9.17, 15) is 19.5 Å². The number of carboxylic acid groups (broad SMARTS) is 1. The zero-order valence-electron chi connectivity index (χ0n) is 13.9. The second-order valence-electron chi connectivity index (χ2n) is 6.56. The lowest BCUT2D eigenvalue weighted by Gasteiger charge is -2.47. The molecule has 3 atom stereocenters. The molecule has 132 valence electrons. The minimum Gasteiger partial charge on any atom is -0.477 e. The molecule has 1 fully saturated rings. The van der Waals surface area contributed by atoms with Crippen molar-refractivity contribution in [3.8, 4) is 0 Å². The Bertz CT molecular complexity index is 643. The van der Waals surface area contributed by atoms with Crippen LogP contribution in [0.15, 0.2) is 23.4 Å². The number of quaternary nitrogens is 1. The largest absolute Gasteiger partial charge is 0.477 e. The van der Waals surface area contributed by atoms with E-state index in [1.165, 1.54) is 16.7 Å². The molecule has 0 bridgehead atoms. The highest BCUT2D eigenvalue weighted by molar-refractivity contribution is 8.00. The number of nitrogens with zero attached hydrogens (tertiary/aromatic N) is 2. The summed E-state index contributed by atoms with van der Waals surface area (Å²) in [5, 5.41) is 9.15. The Kier molecular flexibility index (Phi) is 5.07. The number of carbonyl (C=O) groups is 3. The van der Waals surface area contributed by atoms with Crippen molar-refractivity contribution < 1.29 is 24.0 Å². The molecule has 0 aromatic carbocycles. The molecule has 1 saturated heterocycles. The van der Waals surface area contributed by atoms with Crippen LogP contribution in [0.1, 0.15) is 6.92 Å². The minimum atomic E-state index is -1.14. The first-order valence-corrected chi connectivity index (χ1v) is 8.58. The van der Waals surface area contributed by atoms with Gasteiger partial charge >= 0.3 is 5.97 Å². The maximum Gasteiger partial charge on any atom is 0.352 e. The maximum absolute atomic E-state index is 11.9. The van der Waals surface area contributed by atoms with Crippen molar-refractivity contribution in [2.45, 2.75) is 24.4 Å². The van der Waals surface area contributed by atoms with Gasteiger partial charge in [0.25, 0.3) is 5.91 Å². The van der Waals surface area contributed by atoms with Gasteiger partial charge < -0.3 is 21.1 Å². The van der Waals surface area contributed by atoms with Crippen LogP contribution in [0.25, 0.3) is 0 Å². The molecule has 24 heavy (non-hydrogen) atoms. The Morgan fingerprint density at radius 2 is 2.12 bits per heavy atom. The zero-order valence-corrected chi connectivity index (χ0v) is 14.7. The van der Waals surface area contributed by atoms with Crippen LogP contribution in [0.4, 0.5) is 0 Å². The summed E-state index contributed by atoms with van der Waals surface area (Å²) in [6, 6.07) is -1.01. The fraction of sp³-hybridized carbons (Fsp3) is 0.533. The van der Waals surface area contributed by atoms with Gasteiger partial charge in [0.15, 0.2) is 6.04 Å². The van der Waals surface area contributed by atoms with Gasteiger partial charge in [-0.2, -0.15) is 0 Å². The lowest BCUT2D eigenvalue weighted by molar-refractivity contribution is -0.898. The topological polar surface area (TPSA) is 127 Å². The molecule has 2 aliphatic heterocycles. The standard InChI is InChI=1S/C15H22N4O4S/c1-8(12(17)20)19(2,3)6-4-5-9-7-24-14-10(16)13(21)18(14)11(9)15(22)23/h4-5,8,10,14H,6-7,16H2,1-3H3,(H2-,17,20,22,23)/p+1/t8-,10-,14+/m1/s1.